The van der Waals surface area contributed by atoms with Crippen LogP contribution < -0.4 is 4.74 Å². The fourth-order valence-corrected chi connectivity index (χ4v) is 2.09. The van der Waals surface area contributed by atoms with Crippen molar-refractivity contribution < 1.29 is 9.53 Å². The van der Waals surface area contributed by atoms with Crippen molar-refractivity contribution >= 4 is 17.2 Å². The van der Waals surface area contributed by atoms with Gasteiger partial charge in [-0.2, -0.15) is 0 Å². The van der Waals surface area contributed by atoms with Gasteiger partial charge in [-0.3, -0.25) is 4.79 Å². The summed E-state index contributed by atoms with van der Waals surface area (Å²) >= 11 is 1.54. The fraction of sp³-hybridized carbons (Fsp3) is 0.286. The smallest absolute Gasteiger partial charge is 0.253 e. The minimum absolute atomic E-state index is 0.00149. The molecule has 2 aromatic rings. The van der Waals surface area contributed by atoms with Crippen molar-refractivity contribution in [1.82, 2.24) is 9.88 Å². The zero-order valence-corrected chi connectivity index (χ0v) is 11.8. The van der Waals surface area contributed by atoms with Crippen LogP contribution in [0.25, 0.3) is 0 Å². The number of carbonyl (C=O) groups excluding carboxylic acids is 1. The Balaban J connectivity index is 2.04. The van der Waals surface area contributed by atoms with Gasteiger partial charge in [0, 0.05) is 24.5 Å². The number of ether oxygens (including phenoxy) is 1. The van der Waals surface area contributed by atoms with E-state index in [4.69, 9.17) is 4.74 Å². The predicted molar refractivity (Wildman–Crippen MR) is 75.5 cm³/mol. The summed E-state index contributed by atoms with van der Waals surface area (Å²) in [4.78, 5) is 17.8. The minimum Gasteiger partial charge on any atom is -0.487 e. The fourth-order valence-electron chi connectivity index (χ4n) is 1.55. The second-order valence-electron chi connectivity index (χ2n) is 4.12. The van der Waals surface area contributed by atoms with E-state index in [0.717, 1.165) is 5.69 Å². The van der Waals surface area contributed by atoms with E-state index in [9.17, 15) is 4.79 Å². The first-order chi connectivity index (χ1) is 9.20. The number of amides is 1. The SMILES string of the molecule is CCN(C)C(=O)c1cccc(OCc2cscn2)c1. The number of thiazole rings is 1. The van der Waals surface area contributed by atoms with Crippen LogP contribution in [0.1, 0.15) is 23.0 Å². The molecule has 0 aliphatic rings. The molecular weight excluding hydrogens is 260 g/mol. The van der Waals surface area contributed by atoms with E-state index in [1.165, 1.54) is 11.3 Å². The van der Waals surface area contributed by atoms with Crippen molar-refractivity contribution in [3.63, 3.8) is 0 Å². The molecule has 2 rings (SSSR count). The van der Waals surface area contributed by atoms with E-state index >= 15 is 0 Å². The normalized spacial score (nSPS) is 10.2. The first-order valence-corrected chi connectivity index (χ1v) is 7.00. The standard InChI is InChI=1S/C14H16N2O2S/c1-3-16(2)14(17)11-5-4-6-13(7-11)18-8-12-9-19-10-15-12/h4-7,9-10H,3,8H2,1-2H3. The maximum Gasteiger partial charge on any atom is 0.253 e. The Morgan fingerprint density at radius 2 is 2.32 bits per heavy atom. The first kappa shape index (κ1) is 13.5. The average Bonchev–Trinajstić information content (AvgIpc) is 2.97. The first-order valence-electron chi connectivity index (χ1n) is 6.06. The van der Waals surface area contributed by atoms with Gasteiger partial charge < -0.3 is 9.64 Å². The van der Waals surface area contributed by atoms with E-state index < -0.39 is 0 Å². The van der Waals surface area contributed by atoms with Crippen LogP contribution in [0.15, 0.2) is 35.2 Å². The molecule has 0 unspecified atom stereocenters. The summed E-state index contributed by atoms with van der Waals surface area (Å²) in [6.45, 7) is 3.05. The zero-order chi connectivity index (χ0) is 13.7. The molecule has 100 valence electrons. The summed E-state index contributed by atoms with van der Waals surface area (Å²) in [5, 5.41) is 1.94. The van der Waals surface area contributed by atoms with E-state index in [-0.39, 0.29) is 5.91 Å². The summed E-state index contributed by atoms with van der Waals surface area (Å²) < 4.78 is 5.63. The van der Waals surface area contributed by atoms with Crippen molar-refractivity contribution in [3.8, 4) is 5.75 Å². The third-order valence-corrected chi connectivity index (χ3v) is 3.41. The molecule has 0 radical (unpaired) electrons. The maximum atomic E-state index is 12.0. The highest BCUT2D eigenvalue weighted by atomic mass is 32.1. The van der Waals surface area contributed by atoms with Gasteiger partial charge in [0.25, 0.3) is 5.91 Å². The van der Waals surface area contributed by atoms with E-state index in [0.29, 0.717) is 24.5 Å². The second-order valence-corrected chi connectivity index (χ2v) is 4.83. The largest absolute Gasteiger partial charge is 0.487 e. The second kappa shape index (κ2) is 6.33. The Kier molecular flexibility index (Phi) is 4.52. The number of nitrogens with zero attached hydrogens (tertiary/aromatic N) is 2. The molecule has 5 heteroatoms. The van der Waals surface area contributed by atoms with Crippen molar-refractivity contribution in [2.45, 2.75) is 13.5 Å². The van der Waals surface area contributed by atoms with Gasteiger partial charge >= 0.3 is 0 Å². The van der Waals surface area contributed by atoms with Crippen LogP contribution in [0.5, 0.6) is 5.75 Å². The zero-order valence-electron chi connectivity index (χ0n) is 11.0. The summed E-state index contributed by atoms with van der Waals surface area (Å²) in [5.74, 6) is 0.685. The Labute approximate surface area is 116 Å². The topological polar surface area (TPSA) is 42.4 Å². The highest BCUT2D eigenvalue weighted by Gasteiger charge is 2.10. The molecule has 0 aliphatic carbocycles. The lowest BCUT2D eigenvalue weighted by Crippen LogP contribution is -2.26. The van der Waals surface area contributed by atoms with Gasteiger partial charge in [-0.25, -0.2) is 4.98 Å². The Morgan fingerprint density at radius 1 is 1.47 bits per heavy atom. The molecule has 1 amide bonds. The third-order valence-electron chi connectivity index (χ3n) is 2.77. The van der Waals surface area contributed by atoms with E-state index in [1.807, 2.05) is 24.4 Å². The molecule has 0 N–H and O–H groups in total. The van der Waals surface area contributed by atoms with Crippen LogP contribution in [0.3, 0.4) is 0 Å². The van der Waals surface area contributed by atoms with Gasteiger partial charge in [-0.1, -0.05) is 6.07 Å². The van der Waals surface area contributed by atoms with Crippen LogP contribution in [0, 0.1) is 0 Å². The minimum atomic E-state index is 0.00149. The Morgan fingerprint density at radius 3 is 3.00 bits per heavy atom. The molecule has 19 heavy (non-hydrogen) atoms. The van der Waals surface area contributed by atoms with Gasteiger partial charge in [0.2, 0.25) is 0 Å². The van der Waals surface area contributed by atoms with Crippen molar-refractivity contribution in [1.29, 1.82) is 0 Å². The molecule has 1 aromatic carbocycles. The number of rotatable bonds is 5. The average molecular weight is 276 g/mol. The summed E-state index contributed by atoms with van der Waals surface area (Å²) in [6.07, 6.45) is 0. The third kappa shape index (κ3) is 3.54. The molecule has 0 aliphatic heterocycles. The molecule has 0 saturated carbocycles. The number of hydrogen-bond donors (Lipinski definition) is 0. The van der Waals surface area contributed by atoms with Crippen LogP contribution in [-0.2, 0) is 6.61 Å². The van der Waals surface area contributed by atoms with Crippen LogP contribution in [-0.4, -0.2) is 29.4 Å². The Bertz CT molecular complexity index is 540. The highest BCUT2D eigenvalue weighted by Crippen LogP contribution is 2.16. The lowest BCUT2D eigenvalue weighted by atomic mass is 10.2. The van der Waals surface area contributed by atoms with Gasteiger partial charge in [0.05, 0.1) is 11.2 Å². The van der Waals surface area contributed by atoms with Crippen LogP contribution in [0.2, 0.25) is 0 Å². The number of carbonyl (C=O) groups is 1. The molecule has 1 aromatic heterocycles. The number of aromatic nitrogens is 1. The van der Waals surface area contributed by atoms with Gasteiger partial charge in [-0.15, -0.1) is 11.3 Å². The molecule has 0 bridgehead atoms. The molecule has 0 fully saturated rings. The van der Waals surface area contributed by atoms with E-state index in [2.05, 4.69) is 4.98 Å². The van der Waals surface area contributed by atoms with Crippen LogP contribution in [0.4, 0.5) is 0 Å². The summed E-state index contributed by atoms with van der Waals surface area (Å²) in [5.41, 5.74) is 3.31. The predicted octanol–water partition coefficient (Wildman–Crippen LogP) is 2.81. The van der Waals surface area contributed by atoms with Crippen molar-refractivity contribution in [3.05, 3.63) is 46.4 Å². The molecule has 0 atom stereocenters. The quantitative estimate of drug-likeness (QED) is 0.843. The summed E-state index contributed by atoms with van der Waals surface area (Å²) in [7, 11) is 1.78. The van der Waals surface area contributed by atoms with Crippen LogP contribution >= 0.6 is 11.3 Å². The Hall–Kier alpha value is -1.88. The molecule has 0 spiro atoms. The van der Waals surface area contributed by atoms with Gasteiger partial charge in [0.1, 0.15) is 12.4 Å². The number of benzene rings is 1. The van der Waals surface area contributed by atoms with Gasteiger partial charge in [0.15, 0.2) is 0 Å². The van der Waals surface area contributed by atoms with Gasteiger partial charge in [-0.05, 0) is 25.1 Å². The van der Waals surface area contributed by atoms with Crippen molar-refractivity contribution in [2.75, 3.05) is 13.6 Å². The molecule has 1 heterocycles. The lowest BCUT2D eigenvalue weighted by molar-refractivity contribution is 0.0802. The monoisotopic (exact) mass is 276 g/mol. The van der Waals surface area contributed by atoms with Crippen molar-refractivity contribution in [2.24, 2.45) is 0 Å². The van der Waals surface area contributed by atoms with E-state index in [1.54, 1.807) is 29.6 Å². The molecular formula is C14H16N2O2S. The maximum absolute atomic E-state index is 12.0. The number of hydrogen-bond acceptors (Lipinski definition) is 4. The highest BCUT2D eigenvalue weighted by molar-refractivity contribution is 7.07. The summed E-state index contributed by atoms with van der Waals surface area (Å²) in [6, 6.07) is 7.23. The molecule has 4 nitrogen and oxygen atoms in total. The lowest BCUT2D eigenvalue weighted by Gasteiger charge is -2.15. The molecule has 0 saturated heterocycles.